The van der Waals surface area contributed by atoms with Gasteiger partial charge in [-0.05, 0) is 138 Å². The van der Waals surface area contributed by atoms with Gasteiger partial charge < -0.3 is 40.2 Å². The number of hydrogen-bond acceptors (Lipinski definition) is 10. The van der Waals surface area contributed by atoms with Crippen molar-refractivity contribution in [1.29, 1.82) is 0 Å². The number of rotatable bonds is 20. The second kappa shape index (κ2) is 31.8. The number of carbonyl (C=O) groups excluding carboxylic acids is 8. The Labute approximate surface area is 586 Å². The summed E-state index contributed by atoms with van der Waals surface area (Å²) in [5.41, 5.74) is 11.2. The lowest BCUT2D eigenvalue weighted by Crippen LogP contribution is -2.43. The molecule has 4 N–H and O–H groups in total. The van der Waals surface area contributed by atoms with Crippen LogP contribution >= 0.6 is 11.6 Å². The fraction of sp³-hybridized carbons (Fsp3) is 0.284. The van der Waals surface area contributed by atoms with Crippen molar-refractivity contribution < 1.29 is 38.4 Å². The van der Waals surface area contributed by atoms with Crippen LogP contribution < -0.4 is 10.6 Å². The molecular formula is C81H81ClN10O8. The van der Waals surface area contributed by atoms with Crippen LogP contribution in [-0.4, -0.2) is 137 Å². The molecule has 0 bridgehead atoms. The molecule has 0 aliphatic carbocycles. The molecule has 4 atom stereocenters. The number of halogens is 1. The Balaban J connectivity index is 0.000000188. The predicted molar refractivity (Wildman–Crippen MR) is 389 cm³/mol. The van der Waals surface area contributed by atoms with Gasteiger partial charge in [-0.15, -0.1) is 0 Å². The maximum absolute atomic E-state index is 13.4. The first-order chi connectivity index (χ1) is 48.2. The number of aromatic amines is 2. The third-order valence-electron chi connectivity index (χ3n) is 19.3. The molecular weight excluding hydrogens is 1280 g/mol. The molecule has 100 heavy (non-hydrogen) atoms. The molecule has 4 aromatic heterocycles. The summed E-state index contributed by atoms with van der Waals surface area (Å²) in [6.07, 6.45) is 10.7. The molecule has 4 aliphatic heterocycles. The average Bonchev–Trinajstić information content (AvgIpc) is 1.64. The first-order valence-electron chi connectivity index (χ1n) is 34.1. The van der Waals surface area contributed by atoms with Crippen molar-refractivity contribution in [3.8, 4) is 22.5 Å². The van der Waals surface area contributed by atoms with Gasteiger partial charge in [0.1, 0.15) is 23.4 Å². The summed E-state index contributed by atoms with van der Waals surface area (Å²) in [6.45, 7) is 2.35. The number of nitrogens with one attached hydrogen (secondary N) is 4. The van der Waals surface area contributed by atoms with Crippen LogP contribution in [0.4, 0.5) is 11.4 Å². The van der Waals surface area contributed by atoms with E-state index < -0.39 is 24.2 Å². The van der Waals surface area contributed by atoms with Gasteiger partial charge in [0.15, 0.2) is 11.6 Å². The minimum atomic E-state index is -0.507. The van der Waals surface area contributed by atoms with Crippen molar-refractivity contribution >= 4 is 92.1 Å². The first-order valence-corrected chi connectivity index (χ1v) is 34.5. The van der Waals surface area contributed by atoms with Gasteiger partial charge in [0.2, 0.25) is 35.4 Å². The number of likely N-dealkylation sites (tertiary alicyclic amines) is 4. The summed E-state index contributed by atoms with van der Waals surface area (Å²) in [6, 6.07) is 57.4. The topological polar surface area (TPSA) is 231 Å². The molecule has 510 valence electrons. The molecule has 4 aliphatic rings. The zero-order valence-corrected chi connectivity index (χ0v) is 55.7. The summed E-state index contributed by atoms with van der Waals surface area (Å²) < 4.78 is 0. The molecule has 4 fully saturated rings. The van der Waals surface area contributed by atoms with Crippen LogP contribution in [0.25, 0.3) is 44.6 Å². The normalized spacial score (nSPS) is 17.2. The third-order valence-corrected chi connectivity index (χ3v) is 19.7. The van der Waals surface area contributed by atoms with E-state index in [0.29, 0.717) is 97.1 Å². The SMILES string of the molecule is C.O=C(Cc1cnc2[nH]c(-c3ccc(NC(=O)[C@@H]4CCCN4C(=O)Cc4ccccc4)cc3)c(Cl)c2c1)[C@@H]1CCCN1C(=O)Cc1ccccc1.O=C(Cc1cnc2[nH]c(-c3ccc(NC(=O)[C@@H]4CCCN4C(=O)Cc4ccccc4)cc3)cc2c1)[C@@H]1CCCN1C(=O)Cc1ccccc1. The van der Waals surface area contributed by atoms with E-state index in [0.717, 1.165) is 81.3 Å². The Morgan fingerprint density at radius 2 is 0.760 bits per heavy atom. The molecule has 0 spiro atoms. The molecule has 19 heteroatoms. The molecule has 6 amide bonds. The Bertz CT molecular complexity index is 4590. The van der Waals surface area contributed by atoms with E-state index in [1.54, 1.807) is 32.0 Å². The van der Waals surface area contributed by atoms with Crippen molar-refractivity contribution in [3.63, 3.8) is 0 Å². The molecule has 4 saturated heterocycles. The number of carbonyl (C=O) groups is 8. The molecule has 10 aromatic rings. The van der Waals surface area contributed by atoms with Crippen molar-refractivity contribution in [2.24, 2.45) is 0 Å². The molecule has 8 heterocycles. The maximum atomic E-state index is 13.4. The Morgan fingerprint density at radius 1 is 0.400 bits per heavy atom. The Morgan fingerprint density at radius 3 is 1.17 bits per heavy atom. The molecule has 18 nitrogen and oxygen atoms in total. The number of pyridine rings is 2. The highest BCUT2D eigenvalue weighted by atomic mass is 35.5. The van der Waals surface area contributed by atoms with E-state index in [1.165, 1.54) is 0 Å². The van der Waals surface area contributed by atoms with Gasteiger partial charge >= 0.3 is 0 Å². The predicted octanol–water partition coefficient (Wildman–Crippen LogP) is 12.8. The third kappa shape index (κ3) is 16.3. The zero-order valence-electron chi connectivity index (χ0n) is 54.9. The molecule has 0 unspecified atom stereocenters. The molecule has 6 aromatic carbocycles. The summed E-state index contributed by atoms with van der Waals surface area (Å²) in [5, 5.41) is 8.05. The van der Waals surface area contributed by atoms with E-state index in [-0.39, 0.29) is 86.5 Å². The van der Waals surface area contributed by atoms with Gasteiger partial charge in [0.05, 0.1) is 48.5 Å². The number of hydrogen-bond donors (Lipinski definition) is 4. The number of fused-ring (bicyclic) bond motifs is 2. The van der Waals surface area contributed by atoms with Gasteiger partial charge in [-0.2, -0.15) is 0 Å². The molecule has 14 rings (SSSR count). The van der Waals surface area contributed by atoms with Crippen LogP contribution in [0.3, 0.4) is 0 Å². The van der Waals surface area contributed by atoms with Crippen LogP contribution in [0.15, 0.2) is 200 Å². The van der Waals surface area contributed by atoms with Gasteiger partial charge in [-0.1, -0.05) is 165 Å². The maximum Gasteiger partial charge on any atom is 0.247 e. The fourth-order valence-corrected chi connectivity index (χ4v) is 14.5. The number of anilines is 2. The van der Waals surface area contributed by atoms with Crippen molar-refractivity contribution in [1.82, 2.24) is 39.5 Å². The highest BCUT2D eigenvalue weighted by Crippen LogP contribution is 2.36. The second-order valence-electron chi connectivity index (χ2n) is 26.1. The lowest BCUT2D eigenvalue weighted by atomic mass is 10.0. The van der Waals surface area contributed by atoms with Crippen LogP contribution in [0, 0.1) is 0 Å². The van der Waals surface area contributed by atoms with Crippen molar-refractivity contribution in [3.05, 3.63) is 239 Å². The summed E-state index contributed by atoms with van der Waals surface area (Å²) in [5.74, 6) is -0.463. The van der Waals surface area contributed by atoms with E-state index in [2.05, 4.69) is 30.6 Å². The number of amides is 6. The van der Waals surface area contributed by atoms with Gasteiger partial charge in [0, 0.05) is 79.3 Å². The quantitative estimate of drug-likeness (QED) is 0.0564. The standard InChI is InChI=1S/C40H38ClN5O4.C40H39N5O4.CH4/c41-37-31-21-28(22-34(47)32-13-7-19-45(32)35(48)23-26-9-3-1-4-10-26)25-42-39(31)44-38(37)29-15-17-30(18-16-29)43-40(50)33-14-8-20-46(33)36(49)24-27-11-5-2-6-12-27;46-36(34-13-7-19-44(34)37(47)23-27-9-3-1-4-10-27)22-29-21-31-25-33(43-39(31)41-26-29)30-15-17-32(18-16-30)42-40(49)35-14-8-20-45(35)38(48)24-28-11-5-2-6-12-28;/h1-6,9-12,15-18,21,25,32-33H,7-8,13-14,19-20,22-24H2,(H,42,44)(H,43,50);1-6,9-12,15-18,21,25-26,34-35H,7-8,13-14,19-20,22-24H2,(H,41,43)(H,42,49);1H4/t32-,33-;34-,35-;/m00./s1. The number of ketones is 2. The number of benzene rings is 6. The summed E-state index contributed by atoms with van der Waals surface area (Å²) >= 11 is 6.87. The number of H-pyrrole nitrogens is 2. The van der Waals surface area contributed by atoms with Crippen molar-refractivity contribution in [2.75, 3.05) is 36.8 Å². The highest BCUT2D eigenvalue weighted by Gasteiger charge is 2.38. The minimum absolute atomic E-state index is 0. The number of Topliss-reactive ketones (excluding diaryl/α,β-unsaturated/α-hetero) is 2. The van der Waals surface area contributed by atoms with Crippen LogP contribution in [0.5, 0.6) is 0 Å². The minimum Gasteiger partial charge on any atom is -0.339 e. The van der Waals surface area contributed by atoms with E-state index in [4.69, 9.17) is 11.6 Å². The monoisotopic (exact) mass is 1360 g/mol. The van der Waals surface area contributed by atoms with Crippen molar-refractivity contribution in [2.45, 2.75) is 121 Å². The number of aromatic nitrogens is 4. The summed E-state index contributed by atoms with van der Waals surface area (Å²) in [4.78, 5) is 128. The van der Waals surface area contributed by atoms with Crippen LogP contribution in [0.1, 0.15) is 92.2 Å². The van der Waals surface area contributed by atoms with Gasteiger partial charge in [-0.3, -0.25) is 38.4 Å². The smallest absolute Gasteiger partial charge is 0.247 e. The number of nitrogens with zero attached hydrogens (tertiary/aromatic N) is 6. The highest BCUT2D eigenvalue weighted by molar-refractivity contribution is 6.38. The molecule has 0 radical (unpaired) electrons. The van der Waals surface area contributed by atoms with E-state index in [1.807, 2.05) is 188 Å². The molecule has 0 saturated carbocycles. The largest absolute Gasteiger partial charge is 0.339 e. The van der Waals surface area contributed by atoms with Crippen LogP contribution in [0.2, 0.25) is 5.02 Å². The van der Waals surface area contributed by atoms with E-state index >= 15 is 0 Å². The lowest BCUT2D eigenvalue weighted by molar-refractivity contribution is -0.136. The van der Waals surface area contributed by atoms with E-state index in [9.17, 15) is 38.4 Å². The lowest BCUT2D eigenvalue weighted by Gasteiger charge is -2.24. The second-order valence-corrected chi connectivity index (χ2v) is 26.4. The Kier molecular flexibility index (Phi) is 21.9. The van der Waals surface area contributed by atoms with Gasteiger partial charge in [0.25, 0.3) is 0 Å². The summed E-state index contributed by atoms with van der Waals surface area (Å²) in [7, 11) is 0. The van der Waals surface area contributed by atoms with Gasteiger partial charge in [-0.25, -0.2) is 9.97 Å². The van der Waals surface area contributed by atoms with Crippen LogP contribution in [-0.2, 0) is 76.9 Å². The zero-order chi connectivity index (χ0) is 68.4. The average molecular weight is 1360 g/mol. The Hall–Kier alpha value is -10.9. The fourth-order valence-electron chi connectivity index (χ4n) is 14.2. The first kappa shape index (κ1) is 69.1.